The van der Waals surface area contributed by atoms with Crippen molar-refractivity contribution in [2.75, 3.05) is 6.61 Å². The molecule has 2 aliphatic rings. The van der Waals surface area contributed by atoms with E-state index in [1.54, 1.807) is 0 Å². The quantitative estimate of drug-likeness (QED) is 0.896. The molecule has 2 fully saturated rings. The first-order valence-electron chi connectivity index (χ1n) is 8.55. The molecular weight excluding hydrogens is 260 g/mol. The smallest absolute Gasteiger partial charge is 0.0686 e. The summed E-state index contributed by atoms with van der Waals surface area (Å²) in [5.41, 5.74) is 1.44. The van der Waals surface area contributed by atoms with Crippen LogP contribution in [0.15, 0.2) is 30.3 Å². The zero-order chi connectivity index (χ0) is 14.7. The molecule has 2 heteroatoms. The van der Waals surface area contributed by atoms with E-state index >= 15 is 0 Å². The Morgan fingerprint density at radius 2 is 1.95 bits per heavy atom. The highest BCUT2D eigenvalue weighted by molar-refractivity contribution is 5.18. The molecule has 0 bridgehead atoms. The summed E-state index contributed by atoms with van der Waals surface area (Å²) in [6.45, 7) is 3.06. The van der Waals surface area contributed by atoms with Crippen molar-refractivity contribution in [3.8, 4) is 0 Å². The molecule has 3 atom stereocenters. The monoisotopic (exact) mass is 288 g/mol. The molecule has 3 unspecified atom stereocenters. The number of benzene rings is 1. The number of ether oxygens (including phenoxy) is 1. The van der Waals surface area contributed by atoms with Gasteiger partial charge in [0.25, 0.3) is 0 Å². The van der Waals surface area contributed by atoms with Gasteiger partial charge < -0.3 is 9.84 Å². The molecule has 0 radical (unpaired) electrons. The largest absolute Gasteiger partial charge is 0.393 e. The van der Waals surface area contributed by atoms with Crippen molar-refractivity contribution in [1.82, 2.24) is 0 Å². The molecule has 116 valence electrons. The van der Waals surface area contributed by atoms with Gasteiger partial charge >= 0.3 is 0 Å². The predicted molar refractivity (Wildman–Crippen MR) is 85.4 cm³/mol. The summed E-state index contributed by atoms with van der Waals surface area (Å²) < 4.78 is 6.09. The highest BCUT2D eigenvalue weighted by Gasteiger charge is 2.41. The lowest BCUT2D eigenvalue weighted by molar-refractivity contribution is -0.113. The van der Waals surface area contributed by atoms with Crippen LogP contribution >= 0.6 is 0 Å². The molecule has 1 saturated carbocycles. The lowest BCUT2D eigenvalue weighted by Gasteiger charge is -2.40. The maximum absolute atomic E-state index is 10.7. The van der Waals surface area contributed by atoms with Crippen LogP contribution in [0.4, 0.5) is 0 Å². The van der Waals surface area contributed by atoms with Gasteiger partial charge in [0.2, 0.25) is 0 Å². The van der Waals surface area contributed by atoms with Crippen LogP contribution in [-0.2, 0) is 4.74 Å². The summed E-state index contributed by atoms with van der Waals surface area (Å²) in [6.07, 6.45) is 7.74. The van der Waals surface area contributed by atoms with Gasteiger partial charge in [0, 0.05) is 6.61 Å². The molecule has 1 saturated heterocycles. The Hall–Kier alpha value is -0.860. The van der Waals surface area contributed by atoms with Gasteiger partial charge in [-0.15, -0.1) is 0 Å². The number of aliphatic hydroxyl groups is 1. The third-order valence-corrected chi connectivity index (χ3v) is 5.55. The number of hydrogen-bond acceptors (Lipinski definition) is 2. The first kappa shape index (κ1) is 15.1. The lowest BCUT2D eigenvalue weighted by atomic mass is 9.79. The van der Waals surface area contributed by atoms with Crippen LogP contribution in [0.3, 0.4) is 0 Å². The van der Waals surface area contributed by atoms with E-state index in [4.69, 9.17) is 4.74 Å². The predicted octanol–water partition coefficient (Wildman–Crippen LogP) is 4.28. The van der Waals surface area contributed by atoms with E-state index in [-0.39, 0.29) is 11.7 Å². The third kappa shape index (κ3) is 3.49. The summed E-state index contributed by atoms with van der Waals surface area (Å²) in [7, 11) is 0. The molecule has 1 aliphatic carbocycles. The van der Waals surface area contributed by atoms with Crippen molar-refractivity contribution in [2.45, 2.75) is 69.5 Å². The van der Waals surface area contributed by atoms with Gasteiger partial charge in [-0.3, -0.25) is 0 Å². The van der Waals surface area contributed by atoms with Gasteiger partial charge in [-0.05, 0) is 49.5 Å². The van der Waals surface area contributed by atoms with Crippen molar-refractivity contribution in [1.29, 1.82) is 0 Å². The van der Waals surface area contributed by atoms with Crippen molar-refractivity contribution in [3.05, 3.63) is 35.9 Å². The highest BCUT2D eigenvalue weighted by Crippen LogP contribution is 2.43. The zero-order valence-electron chi connectivity index (χ0n) is 13.1. The summed E-state index contributed by atoms with van der Waals surface area (Å²) >= 11 is 0. The van der Waals surface area contributed by atoms with Crippen LogP contribution in [0.2, 0.25) is 0 Å². The Balaban J connectivity index is 1.58. The van der Waals surface area contributed by atoms with Gasteiger partial charge in [-0.1, -0.05) is 50.1 Å². The van der Waals surface area contributed by atoms with E-state index in [1.165, 1.54) is 31.2 Å². The topological polar surface area (TPSA) is 29.5 Å². The van der Waals surface area contributed by atoms with E-state index in [1.807, 2.05) is 0 Å². The Kier molecular flexibility index (Phi) is 4.66. The molecule has 0 aromatic heterocycles. The van der Waals surface area contributed by atoms with Crippen molar-refractivity contribution < 1.29 is 9.84 Å². The molecule has 1 aromatic rings. The lowest BCUT2D eigenvalue weighted by Crippen LogP contribution is -2.41. The first-order valence-corrected chi connectivity index (χ1v) is 8.55. The Labute approximate surface area is 128 Å². The average molecular weight is 288 g/mol. The SMILES string of the molecule is CC(CC(O)C1CCOC2(CCCC2)C1)c1ccccc1. The van der Waals surface area contributed by atoms with Gasteiger partial charge in [-0.2, -0.15) is 0 Å². The Bertz CT molecular complexity index is 436. The molecule has 1 N–H and O–H groups in total. The number of aliphatic hydroxyl groups excluding tert-OH is 1. The maximum Gasteiger partial charge on any atom is 0.0686 e. The second kappa shape index (κ2) is 6.50. The molecular formula is C19H28O2. The van der Waals surface area contributed by atoms with E-state index in [0.29, 0.717) is 11.8 Å². The molecule has 1 heterocycles. The van der Waals surface area contributed by atoms with Crippen LogP contribution in [0.25, 0.3) is 0 Å². The van der Waals surface area contributed by atoms with E-state index < -0.39 is 0 Å². The molecule has 0 amide bonds. The fourth-order valence-electron chi connectivity index (χ4n) is 4.23. The minimum atomic E-state index is -0.193. The minimum Gasteiger partial charge on any atom is -0.393 e. The Morgan fingerprint density at radius 3 is 2.67 bits per heavy atom. The van der Waals surface area contributed by atoms with Crippen LogP contribution < -0.4 is 0 Å². The van der Waals surface area contributed by atoms with Crippen molar-refractivity contribution >= 4 is 0 Å². The second-order valence-electron chi connectivity index (χ2n) is 7.11. The first-order chi connectivity index (χ1) is 10.2. The van der Waals surface area contributed by atoms with Crippen LogP contribution in [-0.4, -0.2) is 23.4 Å². The minimum absolute atomic E-state index is 0.111. The number of hydrogen-bond donors (Lipinski definition) is 1. The molecule has 2 nitrogen and oxygen atoms in total. The molecule has 3 rings (SSSR count). The van der Waals surface area contributed by atoms with Crippen molar-refractivity contribution in [2.24, 2.45) is 5.92 Å². The Morgan fingerprint density at radius 1 is 1.24 bits per heavy atom. The molecule has 1 spiro atoms. The van der Waals surface area contributed by atoms with E-state index in [0.717, 1.165) is 25.9 Å². The fourth-order valence-corrected chi connectivity index (χ4v) is 4.23. The average Bonchev–Trinajstić information content (AvgIpc) is 2.96. The highest BCUT2D eigenvalue weighted by atomic mass is 16.5. The molecule has 1 aliphatic heterocycles. The standard InChI is InChI=1S/C19H28O2/c1-15(16-7-3-2-4-8-16)13-18(20)17-9-12-21-19(14-17)10-5-6-11-19/h2-4,7-8,15,17-18,20H,5-6,9-14H2,1H3. The van der Waals surface area contributed by atoms with Gasteiger partial charge in [0.1, 0.15) is 0 Å². The summed E-state index contributed by atoms with van der Waals surface area (Å²) in [5, 5.41) is 10.7. The van der Waals surface area contributed by atoms with Gasteiger partial charge in [0.15, 0.2) is 0 Å². The van der Waals surface area contributed by atoms with Crippen molar-refractivity contribution in [3.63, 3.8) is 0 Å². The van der Waals surface area contributed by atoms with E-state index in [2.05, 4.69) is 37.3 Å². The zero-order valence-corrected chi connectivity index (χ0v) is 13.1. The third-order valence-electron chi connectivity index (χ3n) is 5.55. The summed E-state index contributed by atoms with van der Waals surface area (Å²) in [6, 6.07) is 10.6. The van der Waals surface area contributed by atoms with E-state index in [9.17, 15) is 5.11 Å². The summed E-state index contributed by atoms with van der Waals surface area (Å²) in [4.78, 5) is 0. The number of rotatable bonds is 4. The normalized spacial score (nSPS) is 27.6. The van der Waals surface area contributed by atoms with Crippen LogP contribution in [0, 0.1) is 5.92 Å². The van der Waals surface area contributed by atoms with Crippen LogP contribution in [0.1, 0.15) is 63.4 Å². The maximum atomic E-state index is 10.7. The molecule has 21 heavy (non-hydrogen) atoms. The van der Waals surface area contributed by atoms with Crippen LogP contribution in [0.5, 0.6) is 0 Å². The fraction of sp³-hybridized carbons (Fsp3) is 0.684. The second-order valence-corrected chi connectivity index (χ2v) is 7.11. The van der Waals surface area contributed by atoms with Gasteiger partial charge in [-0.25, -0.2) is 0 Å². The van der Waals surface area contributed by atoms with Gasteiger partial charge in [0.05, 0.1) is 11.7 Å². The summed E-state index contributed by atoms with van der Waals surface area (Å²) in [5.74, 6) is 0.839. The molecule has 1 aromatic carbocycles.